The molecule has 0 saturated carbocycles. The van der Waals surface area contributed by atoms with Gasteiger partial charge < -0.3 is 4.79 Å². The van der Waals surface area contributed by atoms with E-state index in [2.05, 4.69) is 0 Å². The van der Waals surface area contributed by atoms with Crippen LogP contribution in [0.4, 0.5) is 0 Å². The van der Waals surface area contributed by atoms with Gasteiger partial charge in [-0.05, 0) is 42.7 Å². The maximum atomic E-state index is 12.4. The van der Waals surface area contributed by atoms with E-state index in [1.54, 1.807) is 31.2 Å². The maximum absolute atomic E-state index is 12.4. The van der Waals surface area contributed by atoms with Crippen molar-refractivity contribution in [3.05, 3.63) is 70.7 Å². The fourth-order valence-electron chi connectivity index (χ4n) is 2.36. The molecule has 0 amide bonds. The SMILES string of the molecule is CC(=O)C[C@@H](CC(=O)c1ccc(Cl)cc1)c1ccccc1. The summed E-state index contributed by atoms with van der Waals surface area (Å²) in [6, 6.07) is 16.6. The van der Waals surface area contributed by atoms with E-state index in [9.17, 15) is 9.59 Å². The minimum Gasteiger partial charge on any atom is -0.300 e. The summed E-state index contributed by atoms with van der Waals surface area (Å²) in [6.45, 7) is 1.56. The minimum absolute atomic E-state index is 0.0294. The third kappa shape index (κ3) is 4.54. The molecule has 0 aliphatic heterocycles. The molecule has 2 aromatic carbocycles. The monoisotopic (exact) mass is 300 g/mol. The smallest absolute Gasteiger partial charge is 0.163 e. The van der Waals surface area contributed by atoms with Gasteiger partial charge in [0, 0.05) is 23.4 Å². The molecule has 2 nitrogen and oxygen atoms in total. The van der Waals surface area contributed by atoms with Gasteiger partial charge in [-0.25, -0.2) is 0 Å². The predicted molar refractivity (Wildman–Crippen MR) is 84.9 cm³/mol. The summed E-state index contributed by atoms with van der Waals surface area (Å²) < 4.78 is 0. The highest BCUT2D eigenvalue weighted by atomic mass is 35.5. The predicted octanol–water partition coefficient (Wildman–Crippen LogP) is 4.68. The third-order valence-corrected chi connectivity index (χ3v) is 3.65. The summed E-state index contributed by atoms with van der Waals surface area (Å²) in [5, 5.41) is 0.606. The molecule has 0 bridgehead atoms. The molecule has 0 heterocycles. The van der Waals surface area contributed by atoms with Crippen LogP contribution in [-0.4, -0.2) is 11.6 Å². The Morgan fingerprint density at radius 2 is 1.57 bits per heavy atom. The Kier molecular flexibility index (Phi) is 5.29. The largest absolute Gasteiger partial charge is 0.300 e. The summed E-state index contributed by atoms with van der Waals surface area (Å²) in [6.07, 6.45) is 0.703. The van der Waals surface area contributed by atoms with Gasteiger partial charge in [-0.3, -0.25) is 4.79 Å². The van der Waals surface area contributed by atoms with Crippen molar-refractivity contribution in [3.8, 4) is 0 Å². The number of hydrogen-bond donors (Lipinski definition) is 0. The summed E-state index contributed by atoms with van der Waals surface area (Å²) in [5.41, 5.74) is 1.65. The lowest BCUT2D eigenvalue weighted by Crippen LogP contribution is -2.11. The molecular formula is C18H17ClO2. The van der Waals surface area contributed by atoms with Crippen molar-refractivity contribution in [2.75, 3.05) is 0 Å². The first-order valence-electron chi connectivity index (χ1n) is 6.89. The van der Waals surface area contributed by atoms with E-state index in [1.165, 1.54) is 0 Å². The third-order valence-electron chi connectivity index (χ3n) is 3.40. The molecule has 108 valence electrons. The van der Waals surface area contributed by atoms with Crippen molar-refractivity contribution in [2.24, 2.45) is 0 Å². The zero-order valence-corrected chi connectivity index (χ0v) is 12.6. The van der Waals surface area contributed by atoms with Crippen molar-refractivity contribution >= 4 is 23.2 Å². The number of ketones is 2. The molecule has 0 saturated heterocycles. The first kappa shape index (κ1) is 15.5. The van der Waals surface area contributed by atoms with Gasteiger partial charge in [-0.1, -0.05) is 41.9 Å². The molecule has 0 aromatic heterocycles. The van der Waals surface area contributed by atoms with Crippen molar-refractivity contribution in [1.29, 1.82) is 0 Å². The van der Waals surface area contributed by atoms with Crippen molar-refractivity contribution < 1.29 is 9.59 Å². The summed E-state index contributed by atoms with van der Waals surface area (Å²) in [7, 11) is 0. The summed E-state index contributed by atoms with van der Waals surface area (Å²) >= 11 is 5.83. The van der Waals surface area contributed by atoms with Crippen LogP contribution in [0, 0.1) is 0 Å². The van der Waals surface area contributed by atoms with Gasteiger partial charge in [-0.2, -0.15) is 0 Å². The van der Waals surface area contributed by atoms with E-state index < -0.39 is 0 Å². The Bertz CT molecular complexity index is 617. The number of rotatable bonds is 6. The number of carbonyl (C=O) groups is 2. The quantitative estimate of drug-likeness (QED) is 0.726. The van der Waals surface area contributed by atoms with Gasteiger partial charge >= 0.3 is 0 Å². The number of halogens is 1. The number of Topliss-reactive ketones (excluding diaryl/α,β-unsaturated/α-hetero) is 2. The average Bonchev–Trinajstić information content (AvgIpc) is 2.47. The Labute approximate surface area is 129 Å². The molecule has 0 fully saturated rings. The molecule has 0 unspecified atom stereocenters. The van der Waals surface area contributed by atoms with Crippen LogP contribution in [-0.2, 0) is 4.79 Å². The zero-order chi connectivity index (χ0) is 15.2. The van der Waals surface area contributed by atoms with E-state index in [-0.39, 0.29) is 17.5 Å². The summed E-state index contributed by atoms with van der Waals surface area (Å²) in [5.74, 6) is 0.0430. The Morgan fingerprint density at radius 3 is 2.14 bits per heavy atom. The van der Waals surface area contributed by atoms with Gasteiger partial charge in [0.1, 0.15) is 5.78 Å². The van der Waals surface area contributed by atoms with Gasteiger partial charge in [-0.15, -0.1) is 0 Å². The lowest BCUT2D eigenvalue weighted by atomic mass is 9.88. The van der Waals surface area contributed by atoms with Gasteiger partial charge in [0.2, 0.25) is 0 Å². The fraction of sp³-hybridized carbons (Fsp3) is 0.222. The molecule has 2 rings (SSSR count). The van der Waals surface area contributed by atoms with Gasteiger partial charge in [0.25, 0.3) is 0 Å². The molecule has 2 aromatic rings. The van der Waals surface area contributed by atoms with Gasteiger partial charge in [0.15, 0.2) is 5.78 Å². The van der Waals surface area contributed by atoms with E-state index >= 15 is 0 Å². The number of carbonyl (C=O) groups excluding carboxylic acids is 2. The summed E-state index contributed by atoms with van der Waals surface area (Å²) in [4.78, 5) is 23.8. The zero-order valence-electron chi connectivity index (χ0n) is 11.9. The average molecular weight is 301 g/mol. The lowest BCUT2D eigenvalue weighted by Gasteiger charge is -2.15. The van der Waals surface area contributed by atoms with E-state index in [0.717, 1.165) is 5.56 Å². The molecule has 1 atom stereocenters. The molecule has 0 N–H and O–H groups in total. The Morgan fingerprint density at radius 1 is 0.952 bits per heavy atom. The van der Waals surface area contributed by atoms with Crippen LogP contribution >= 0.6 is 11.6 Å². The van der Waals surface area contributed by atoms with Gasteiger partial charge in [0.05, 0.1) is 0 Å². The molecular weight excluding hydrogens is 284 g/mol. The van der Waals surface area contributed by atoms with E-state index in [1.807, 2.05) is 30.3 Å². The molecule has 0 aliphatic rings. The van der Waals surface area contributed by atoms with Crippen LogP contribution in [0.1, 0.15) is 41.6 Å². The van der Waals surface area contributed by atoms with Crippen LogP contribution in [0.25, 0.3) is 0 Å². The van der Waals surface area contributed by atoms with Crippen LogP contribution in [0.5, 0.6) is 0 Å². The first-order valence-corrected chi connectivity index (χ1v) is 7.27. The molecule has 3 heteroatoms. The topological polar surface area (TPSA) is 34.1 Å². The highest BCUT2D eigenvalue weighted by Gasteiger charge is 2.18. The highest BCUT2D eigenvalue weighted by molar-refractivity contribution is 6.30. The fourth-order valence-corrected chi connectivity index (χ4v) is 2.48. The first-order chi connectivity index (χ1) is 10.1. The Hall–Kier alpha value is -1.93. The normalized spacial score (nSPS) is 11.9. The number of benzene rings is 2. The van der Waals surface area contributed by atoms with Crippen LogP contribution in [0.2, 0.25) is 5.02 Å². The van der Waals surface area contributed by atoms with E-state index in [4.69, 9.17) is 11.6 Å². The molecule has 0 radical (unpaired) electrons. The van der Waals surface area contributed by atoms with Crippen LogP contribution in [0.3, 0.4) is 0 Å². The second-order valence-corrected chi connectivity index (χ2v) is 5.58. The molecule has 0 aliphatic carbocycles. The van der Waals surface area contributed by atoms with Crippen LogP contribution in [0.15, 0.2) is 54.6 Å². The second kappa shape index (κ2) is 7.19. The van der Waals surface area contributed by atoms with Crippen molar-refractivity contribution in [3.63, 3.8) is 0 Å². The highest BCUT2D eigenvalue weighted by Crippen LogP contribution is 2.26. The standard InChI is InChI=1S/C18H17ClO2/c1-13(20)11-16(14-5-3-2-4-6-14)12-18(21)15-7-9-17(19)10-8-15/h2-10,16H,11-12H2,1H3/t16-/m0/s1. The van der Waals surface area contributed by atoms with E-state index in [0.29, 0.717) is 23.4 Å². The van der Waals surface area contributed by atoms with Crippen molar-refractivity contribution in [2.45, 2.75) is 25.7 Å². The number of hydrogen-bond acceptors (Lipinski definition) is 2. The molecule has 21 heavy (non-hydrogen) atoms. The van der Waals surface area contributed by atoms with Crippen LogP contribution < -0.4 is 0 Å². The maximum Gasteiger partial charge on any atom is 0.163 e. The Balaban J connectivity index is 2.17. The minimum atomic E-state index is -0.0770. The molecule has 0 spiro atoms. The second-order valence-electron chi connectivity index (χ2n) is 5.15. The lowest BCUT2D eigenvalue weighted by molar-refractivity contribution is -0.117. The van der Waals surface area contributed by atoms with Crippen molar-refractivity contribution in [1.82, 2.24) is 0 Å².